The Kier molecular flexibility index (Phi) is 4.60. The zero-order chi connectivity index (χ0) is 13.3. The summed E-state index contributed by atoms with van der Waals surface area (Å²) in [6, 6.07) is 9.07. The first kappa shape index (κ1) is 14.2. The summed E-state index contributed by atoms with van der Waals surface area (Å²) in [5, 5.41) is 0.436. The second-order valence-corrected chi connectivity index (χ2v) is 6.37. The minimum atomic E-state index is -0.366. The molecule has 18 heavy (non-hydrogen) atoms. The third kappa shape index (κ3) is 3.03. The van der Waals surface area contributed by atoms with Crippen molar-refractivity contribution in [2.24, 2.45) is 0 Å². The van der Waals surface area contributed by atoms with Crippen molar-refractivity contribution < 1.29 is 9.18 Å². The Balaban J connectivity index is 2.49. The van der Waals surface area contributed by atoms with Gasteiger partial charge < -0.3 is 0 Å². The molecule has 92 valence electrons. The third-order valence-corrected chi connectivity index (χ3v) is 4.54. The zero-order valence-corrected chi connectivity index (χ0v) is 14.0. The lowest BCUT2D eigenvalue weighted by molar-refractivity contribution is 0.103. The van der Waals surface area contributed by atoms with Crippen LogP contribution in [0.25, 0.3) is 0 Å². The highest BCUT2D eigenvalue weighted by atomic mass is 127. The molecule has 0 heterocycles. The topological polar surface area (TPSA) is 17.1 Å². The molecule has 2 aromatic rings. The van der Waals surface area contributed by atoms with E-state index < -0.39 is 0 Å². The van der Waals surface area contributed by atoms with Gasteiger partial charge in [-0.05, 0) is 81.6 Å². The Labute approximate surface area is 136 Å². The van der Waals surface area contributed by atoms with Crippen molar-refractivity contribution in [1.82, 2.24) is 0 Å². The average molecular weight is 486 g/mol. The Morgan fingerprint density at radius 2 is 1.72 bits per heavy atom. The summed E-state index contributed by atoms with van der Waals surface area (Å²) in [5.74, 6) is -0.564. The van der Waals surface area contributed by atoms with Gasteiger partial charge in [0.2, 0.25) is 0 Å². The van der Waals surface area contributed by atoms with Crippen LogP contribution < -0.4 is 0 Å². The summed E-state index contributed by atoms with van der Waals surface area (Å²) < 4.78 is 14.6. The fourth-order valence-corrected chi connectivity index (χ4v) is 3.52. The first-order chi connectivity index (χ1) is 8.49. The quantitative estimate of drug-likeness (QED) is 0.335. The van der Waals surface area contributed by atoms with Gasteiger partial charge >= 0.3 is 0 Å². The molecule has 0 spiro atoms. The summed E-state index contributed by atoms with van der Waals surface area (Å²) in [4.78, 5) is 12.3. The van der Waals surface area contributed by atoms with Crippen LogP contribution in [0.15, 0.2) is 36.4 Å². The van der Waals surface area contributed by atoms with Crippen molar-refractivity contribution in [1.29, 1.82) is 0 Å². The molecule has 0 N–H and O–H groups in total. The van der Waals surface area contributed by atoms with Crippen molar-refractivity contribution in [2.45, 2.75) is 0 Å². The highest BCUT2D eigenvalue weighted by Gasteiger charge is 2.15. The molecule has 0 saturated heterocycles. The molecule has 2 aromatic carbocycles. The van der Waals surface area contributed by atoms with Crippen LogP contribution in [0.2, 0.25) is 5.02 Å². The van der Waals surface area contributed by atoms with Crippen LogP contribution in [-0.2, 0) is 0 Å². The number of ketones is 1. The highest BCUT2D eigenvalue weighted by molar-refractivity contribution is 14.1. The maximum atomic E-state index is 12.8. The number of hydrogen-bond donors (Lipinski definition) is 0. The molecule has 0 saturated carbocycles. The summed E-state index contributed by atoms with van der Waals surface area (Å²) >= 11 is 10.4. The SMILES string of the molecule is O=C(c1ccc(F)cc1)c1cc(I)cc(I)c1Cl. The zero-order valence-electron chi connectivity index (χ0n) is 8.88. The number of hydrogen-bond acceptors (Lipinski definition) is 1. The minimum Gasteiger partial charge on any atom is -0.289 e. The summed E-state index contributed by atoms with van der Waals surface area (Å²) in [7, 11) is 0. The number of halogens is 4. The first-order valence-corrected chi connectivity index (χ1v) is 7.47. The van der Waals surface area contributed by atoms with Crippen molar-refractivity contribution in [3.63, 3.8) is 0 Å². The molecule has 0 fully saturated rings. The Hall–Kier alpha value is -0.210. The summed E-state index contributed by atoms with van der Waals surface area (Å²) in [5.41, 5.74) is 0.871. The van der Waals surface area contributed by atoms with Gasteiger partial charge in [0.25, 0.3) is 0 Å². The second kappa shape index (κ2) is 5.83. The predicted molar refractivity (Wildman–Crippen MR) is 86.7 cm³/mol. The van der Waals surface area contributed by atoms with E-state index in [-0.39, 0.29) is 11.6 Å². The number of carbonyl (C=O) groups excluding carboxylic acids is 1. The molecule has 1 nitrogen and oxygen atoms in total. The van der Waals surface area contributed by atoms with E-state index in [1.165, 1.54) is 24.3 Å². The largest absolute Gasteiger partial charge is 0.289 e. The van der Waals surface area contributed by atoms with Gasteiger partial charge in [-0.25, -0.2) is 4.39 Å². The number of benzene rings is 2. The van der Waals surface area contributed by atoms with Gasteiger partial charge in [-0.1, -0.05) is 11.6 Å². The van der Waals surface area contributed by atoms with E-state index in [0.717, 1.165) is 7.14 Å². The number of rotatable bonds is 2. The molecule has 0 radical (unpaired) electrons. The molecular weight excluding hydrogens is 480 g/mol. The van der Waals surface area contributed by atoms with Gasteiger partial charge in [0.15, 0.2) is 5.78 Å². The fourth-order valence-electron chi connectivity index (χ4n) is 1.48. The molecule has 0 aliphatic heterocycles. The van der Waals surface area contributed by atoms with E-state index in [1.807, 2.05) is 6.07 Å². The second-order valence-electron chi connectivity index (χ2n) is 3.59. The maximum absolute atomic E-state index is 12.8. The van der Waals surface area contributed by atoms with Crippen LogP contribution in [0.1, 0.15) is 15.9 Å². The lowest BCUT2D eigenvalue weighted by Gasteiger charge is -2.06. The smallest absolute Gasteiger partial charge is 0.194 e. The van der Waals surface area contributed by atoms with E-state index in [0.29, 0.717) is 16.1 Å². The molecule has 0 atom stereocenters. The lowest BCUT2D eigenvalue weighted by Crippen LogP contribution is -2.03. The highest BCUT2D eigenvalue weighted by Crippen LogP contribution is 2.27. The van der Waals surface area contributed by atoms with Crippen LogP contribution in [0.3, 0.4) is 0 Å². The lowest BCUT2D eigenvalue weighted by atomic mass is 10.0. The van der Waals surface area contributed by atoms with Crippen molar-refractivity contribution >= 4 is 62.6 Å². The standard InChI is InChI=1S/C13H6ClFI2O/c14-12-10(5-9(16)6-11(12)17)13(18)7-1-3-8(15)4-2-7/h1-6H. The minimum absolute atomic E-state index is 0.198. The molecular formula is C13H6ClFI2O. The van der Waals surface area contributed by atoms with Crippen molar-refractivity contribution in [3.8, 4) is 0 Å². The molecule has 0 aliphatic carbocycles. The van der Waals surface area contributed by atoms with Gasteiger partial charge in [0.1, 0.15) is 5.82 Å². The normalized spacial score (nSPS) is 10.4. The fraction of sp³-hybridized carbons (Fsp3) is 0. The molecule has 5 heteroatoms. The summed E-state index contributed by atoms with van der Waals surface area (Å²) in [6.07, 6.45) is 0. The molecule has 0 aromatic heterocycles. The molecule has 0 bridgehead atoms. The van der Waals surface area contributed by atoms with Crippen molar-refractivity contribution in [2.75, 3.05) is 0 Å². The predicted octanol–water partition coefficient (Wildman–Crippen LogP) is 4.92. The van der Waals surface area contributed by atoms with Crippen LogP contribution in [-0.4, -0.2) is 5.78 Å². The molecule has 0 aliphatic rings. The Morgan fingerprint density at radius 1 is 1.11 bits per heavy atom. The molecule has 2 rings (SSSR count). The van der Waals surface area contributed by atoms with Gasteiger partial charge in [0.05, 0.1) is 5.02 Å². The number of carbonyl (C=O) groups is 1. The van der Waals surface area contributed by atoms with Gasteiger partial charge in [-0.15, -0.1) is 0 Å². The van der Waals surface area contributed by atoms with E-state index in [1.54, 1.807) is 6.07 Å². The van der Waals surface area contributed by atoms with Crippen LogP contribution >= 0.6 is 56.8 Å². The molecule has 0 unspecified atom stereocenters. The average Bonchev–Trinajstić information content (AvgIpc) is 2.34. The molecule has 0 amide bonds. The van der Waals surface area contributed by atoms with E-state index >= 15 is 0 Å². The van der Waals surface area contributed by atoms with Gasteiger partial charge in [-0.2, -0.15) is 0 Å². The van der Waals surface area contributed by atoms with Crippen LogP contribution in [0.5, 0.6) is 0 Å². The summed E-state index contributed by atoms with van der Waals surface area (Å²) in [6.45, 7) is 0. The van der Waals surface area contributed by atoms with Crippen LogP contribution in [0, 0.1) is 13.0 Å². The monoisotopic (exact) mass is 486 g/mol. The third-order valence-electron chi connectivity index (χ3n) is 2.34. The van der Waals surface area contributed by atoms with E-state index in [2.05, 4.69) is 45.2 Å². The Morgan fingerprint density at radius 3 is 2.33 bits per heavy atom. The first-order valence-electron chi connectivity index (χ1n) is 4.94. The Bertz CT molecular complexity index is 611. The maximum Gasteiger partial charge on any atom is 0.194 e. The van der Waals surface area contributed by atoms with Gasteiger partial charge in [0, 0.05) is 18.3 Å². The van der Waals surface area contributed by atoms with Crippen molar-refractivity contribution in [3.05, 3.63) is 65.5 Å². The van der Waals surface area contributed by atoms with E-state index in [9.17, 15) is 9.18 Å². The van der Waals surface area contributed by atoms with Crippen LogP contribution in [0.4, 0.5) is 4.39 Å². The van der Waals surface area contributed by atoms with Gasteiger partial charge in [-0.3, -0.25) is 4.79 Å². The van der Waals surface area contributed by atoms with E-state index in [4.69, 9.17) is 11.6 Å².